The van der Waals surface area contributed by atoms with Crippen LogP contribution >= 0.6 is 11.8 Å². The molecule has 3 rings (SSSR count). The first kappa shape index (κ1) is 17.8. The third kappa shape index (κ3) is 2.40. The van der Waals surface area contributed by atoms with Crippen LogP contribution in [0.15, 0.2) is 15.0 Å². The second-order valence-electron chi connectivity index (χ2n) is 6.23. The Bertz CT molecular complexity index is 587. The van der Waals surface area contributed by atoms with Crippen LogP contribution in [0.4, 0.5) is 0 Å². The summed E-state index contributed by atoms with van der Waals surface area (Å²) in [4.78, 5) is 14.1. The molecule has 24 heavy (non-hydrogen) atoms. The maximum Gasteiger partial charge on any atom is 0.203 e. The molecule has 0 aromatic heterocycles. The Kier molecular flexibility index (Phi) is 4.71. The second kappa shape index (κ2) is 6.36. The first-order valence-electron chi connectivity index (χ1n) is 7.91. The number of rotatable bonds is 5. The summed E-state index contributed by atoms with van der Waals surface area (Å²) in [5.41, 5.74) is 11.2. The minimum absolute atomic E-state index is 0.486. The van der Waals surface area contributed by atoms with Crippen LogP contribution in [0.2, 0.25) is 0 Å². The monoisotopic (exact) mass is 356 g/mol. The van der Waals surface area contributed by atoms with E-state index in [-0.39, 0.29) is 0 Å². The number of fused-ring (bicyclic) bond motifs is 1. The van der Waals surface area contributed by atoms with E-state index in [1.165, 1.54) is 18.1 Å². The fourth-order valence-corrected chi connectivity index (χ4v) is 4.34. The summed E-state index contributed by atoms with van der Waals surface area (Å²) in [6, 6.07) is 0. The molecule has 0 spiro atoms. The first-order valence-corrected chi connectivity index (χ1v) is 9.14. The van der Waals surface area contributed by atoms with Crippen molar-refractivity contribution >= 4 is 30.3 Å². The summed E-state index contributed by atoms with van der Waals surface area (Å²) in [7, 11) is 0. The van der Waals surface area contributed by atoms with Crippen molar-refractivity contribution in [3.05, 3.63) is 0 Å². The highest BCUT2D eigenvalue weighted by atomic mass is 32.2. The van der Waals surface area contributed by atoms with Crippen molar-refractivity contribution in [1.82, 2.24) is 4.90 Å². The predicted molar refractivity (Wildman–Crippen MR) is 94.1 cm³/mol. The number of nitrogens with two attached hydrogens (primary N) is 2. The molecule has 0 aliphatic carbocycles. The standard InChI is InChI=1S/C14H24N6O3S/c1-8-9(21)10(22)11(23-8)20-7-19-14(24-2)12(20)17-6-18-13(14,16)4-3-5-15/h6-11,21-22H,3-5,15-16H2,1-2H3/t8-,9-,10-,11-,13?,14?/m1/s1. The zero-order valence-corrected chi connectivity index (χ0v) is 14.6. The molecule has 0 aromatic rings. The van der Waals surface area contributed by atoms with Crippen LogP contribution in [0.1, 0.15) is 19.8 Å². The number of nitrogens with zero attached hydrogens (tertiary/aromatic N) is 4. The van der Waals surface area contributed by atoms with Crippen molar-refractivity contribution in [3.63, 3.8) is 0 Å². The van der Waals surface area contributed by atoms with E-state index in [2.05, 4.69) is 15.0 Å². The Morgan fingerprint density at radius 2 is 2.12 bits per heavy atom. The molecular weight excluding hydrogens is 332 g/mol. The van der Waals surface area contributed by atoms with Crippen molar-refractivity contribution in [2.45, 2.75) is 54.8 Å². The van der Waals surface area contributed by atoms with E-state index in [4.69, 9.17) is 16.2 Å². The zero-order chi connectivity index (χ0) is 17.5. The number of hydrogen-bond acceptors (Lipinski definition) is 10. The van der Waals surface area contributed by atoms with Gasteiger partial charge in [-0.3, -0.25) is 4.90 Å². The summed E-state index contributed by atoms with van der Waals surface area (Å²) < 4.78 is 5.70. The lowest BCUT2D eigenvalue weighted by Gasteiger charge is -2.43. The lowest BCUT2D eigenvalue weighted by atomic mass is 9.93. The molecule has 0 saturated carbocycles. The van der Waals surface area contributed by atoms with Gasteiger partial charge in [-0.25, -0.2) is 15.0 Å². The fraction of sp³-hybridized carbons (Fsp3) is 0.786. The van der Waals surface area contributed by atoms with Gasteiger partial charge in [0.2, 0.25) is 4.87 Å². The van der Waals surface area contributed by atoms with Crippen molar-refractivity contribution in [2.24, 2.45) is 26.4 Å². The van der Waals surface area contributed by atoms with Crippen LogP contribution in [0, 0.1) is 0 Å². The van der Waals surface area contributed by atoms with Gasteiger partial charge in [-0.15, -0.1) is 11.8 Å². The Morgan fingerprint density at radius 3 is 2.71 bits per heavy atom. The van der Waals surface area contributed by atoms with Gasteiger partial charge in [0.1, 0.15) is 18.5 Å². The summed E-state index contributed by atoms with van der Waals surface area (Å²) in [5, 5.41) is 20.3. The number of aliphatic hydroxyl groups excluding tert-OH is 2. The van der Waals surface area contributed by atoms with E-state index >= 15 is 0 Å². The highest BCUT2D eigenvalue weighted by Gasteiger charge is 2.60. The molecule has 1 fully saturated rings. The number of thioether (sulfide) groups is 1. The topological polar surface area (TPSA) is 142 Å². The van der Waals surface area contributed by atoms with E-state index in [1.54, 1.807) is 18.2 Å². The van der Waals surface area contributed by atoms with Gasteiger partial charge in [0.05, 0.1) is 12.4 Å². The third-order valence-corrected chi connectivity index (χ3v) is 6.01. The number of aliphatic hydroxyl groups is 2. The molecule has 3 aliphatic rings. The molecule has 3 aliphatic heterocycles. The minimum Gasteiger partial charge on any atom is -0.388 e. The predicted octanol–water partition coefficient (Wildman–Crippen LogP) is -1.31. The Balaban J connectivity index is 1.93. The number of hydrogen-bond donors (Lipinski definition) is 4. The number of ether oxygens (including phenoxy) is 1. The van der Waals surface area contributed by atoms with Crippen LogP contribution in [0.25, 0.3) is 0 Å². The number of aliphatic imine (C=N–C) groups is 3. The Labute approximate surface area is 144 Å². The van der Waals surface area contributed by atoms with E-state index in [0.717, 1.165) is 0 Å². The Morgan fingerprint density at radius 1 is 1.38 bits per heavy atom. The molecule has 134 valence electrons. The number of amidine groups is 1. The summed E-state index contributed by atoms with van der Waals surface area (Å²) in [5.74, 6) is 0.551. The van der Waals surface area contributed by atoms with Crippen molar-refractivity contribution < 1.29 is 14.9 Å². The second-order valence-corrected chi connectivity index (χ2v) is 7.23. The summed E-state index contributed by atoms with van der Waals surface area (Å²) >= 11 is 1.44. The van der Waals surface area contributed by atoms with E-state index in [1.807, 2.05) is 6.26 Å². The van der Waals surface area contributed by atoms with Gasteiger partial charge >= 0.3 is 0 Å². The molecule has 0 radical (unpaired) electrons. The third-order valence-electron chi connectivity index (χ3n) is 4.78. The molecule has 0 bridgehead atoms. The van der Waals surface area contributed by atoms with Gasteiger partial charge in [0.25, 0.3) is 0 Å². The van der Waals surface area contributed by atoms with Crippen molar-refractivity contribution in [3.8, 4) is 0 Å². The normalized spacial score (nSPS) is 44.1. The summed E-state index contributed by atoms with van der Waals surface area (Å²) in [6.45, 7) is 2.22. The van der Waals surface area contributed by atoms with Crippen molar-refractivity contribution in [2.75, 3.05) is 12.8 Å². The van der Waals surface area contributed by atoms with Gasteiger partial charge in [0, 0.05) is 0 Å². The fourth-order valence-electron chi connectivity index (χ4n) is 3.33. The molecule has 2 unspecified atom stereocenters. The van der Waals surface area contributed by atoms with E-state index in [9.17, 15) is 10.2 Å². The smallest absolute Gasteiger partial charge is 0.203 e. The van der Waals surface area contributed by atoms with Crippen LogP contribution < -0.4 is 11.5 Å². The van der Waals surface area contributed by atoms with Crippen LogP contribution in [-0.2, 0) is 4.74 Å². The van der Waals surface area contributed by atoms with Crippen LogP contribution in [0.5, 0.6) is 0 Å². The van der Waals surface area contributed by atoms with E-state index < -0.39 is 35.1 Å². The molecule has 9 nitrogen and oxygen atoms in total. The van der Waals surface area contributed by atoms with E-state index in [0.29, 0.717) is 25.2 Å². The molecule has 0 amide bonds. The average Bonchev–Trinajstić information content (AvgIpc) is 3.08. The van der Waals surface area contributed by atoms with Gasteiger partial charge < -0.3 is 26.4 Å². The van der Waals surface area contributed by atoms with Crippen LogP contribution in [0.3, 0.4) is 0 Å². The molecule has 10 heteroatoms. The molecule has 6 atom stereocenters. The average molecular weight is 356 g/mol. The lowest BCUT2D eigenvalue weighted by Crippen LogP contribution is -2.64. The first-order chi connectivity index (χ1) is 11.4. The highest BCUT2D eigenvalue weighted by molar-refractivity contribution is 8.00. The van der Waals surface area contributed by atoms with Gasteiger partial charge in [-0.05, 0) is 32.6 Å². The SMILES string of the molecule is CSC12N=CN([C@@H]3O[C@H](C)[C@@H](O)[C@H]3O)C1=NC=NC2(N)CCCN. The summed E-state index contributed by atoms with van der Waals surface area (Å²) in [6.07, 6.45) is 2.85. The molecule has 6 N–H and O–H groups in total. The zero-order valence-electron chi connectivity index (χ0n) is 13.7. The maximum atomic E-state index is 10.3. The minimum atomic E-state index is -1.07. The van der Waals surface area contributed by atoms with Gasteiger partial charge in [-0.1, -0.05) is 0 Å². The van der Waals surface area contributed by atoms with Gasteiger partial charge in [0.15, 0.2) is 17.7 Å². The largest absolute Gasteiger partial charge is 0.388 e. The van der Waals surface area contributed by atoms with Crippen LogP contribution in [-0.4, -0.2) is 81.5 Å². The molecular formula is C14H24N6O3S. The molecule has 0 aromatic carbocycles. The van der Waals surface area contributed by atoms with Gasteiger partial charge in [-0.2, -0.15) is 0 Å². The lowest BCUT2D eigenvalue weighted by molar-refractivity contribution is -0.0311. The van der Waals surface area contributed by atoms with Crippen molar-refractivity contribution in [1.29, 1.82) is 0 Å². The maximum absolute atomic E-state index is 10.3. The Hall–Kier alpha value is -1.04. The molecule has 3 heterocycles. The molecule has 1 saturated heterocycles. The quantitative estimate of drug-likeness (QED) is 0.479. The highest BCUT2D eigenvalue weighted by Crippen LogP contribution is 2.45.